The van der Waals surface area contributed by atoms with Crippen molar-refractivity contribution in [3.63, 3.8) is 0 Å². The lowest BCUT2D eigenvalue weighted by atomic mass is 10.1. The number of aliphatic hydroxyl groups excluding tert-OH is 1. The normalized spacial score (nSPS) is 15.8. The first-order valence-corrected chi connectivity index (χ1v) is 7.64. The molecule has 0 radical (unpaired) electrons. The number of aliphatic hydroxyl groups is 1. The molecule has 0 aliphatic carbocycles. The molecule has 0 fully saturated rings. The molecule has 0 saturated carbocycles. The van der Waals surface area contributed by atoms with Crippen molar-refractivity contribution in [3.8, 4) is 0 Å². The first-order valence-electron chi connectivity index (χ1n) is 4.68. The highest BCUT2D eigenvalue weighted by Crippen LogP contribution is 2.29. The Labute approximate surface area is 108 Å². The summed E-state index contributed by atoms with van der Waals surface area (Å²) in [6.45, 7) is 1.50. The second kappa shape index (κ2) is 5.42. The Kier molecular flexibility index (Phi) is 4.69. The maximum atomic E-state index is 13.3. The number of halogens is 2. The summed E-state index contributed by atoms with van der Waals surface area (Å²) in [4.78, 5) is 0. The van der Waals surface area contributed by atoms with Gasteiger partial charge in [0.15, 0.2) is 9.84 Å². The van der Waals surface area contributed by atoms with Crippen LogP contribution in [0.4, 0.5) is 4.39 Å². The number of hydrogen-bond donors (Lipinski definition) is 1. The molecular formula is C10H12FIO3S. The van der Waals surface area contributed by atoms with Gasteiger partial charge in [0.05, 0.1) is 0 Å². The lowest BCUT2D eigenvalue weighted by Gasteiger charge is -2.17. The number of alkyl halides is 1. The fraction of sp³-hybridized carbons (Fsp3) is 0.400. The van der Waals surface area contributed by atoms with Crippen LogP contribution in [-0.2, 0) is 9.84 Å². The predicted molar refractivity (Wildman–Crippen MR) is 68.6 cm³/mol. The Morgan fingerprint density at radius 1 is 1.44 bits per heavy atom. The monoisotopic (exact) mass is 358 g/mol. The zero-order valence-electron chi connectivity index (χ0n) is 8.60. The summed E-state index contributed by atoms with van der Waals surface area (Å²) in [6, 6.07) is 5.63. The van der Waals surface area contributed by atoms with Crippen LogP contribution < -0.4 is 0 Å². The molecule has 1 aromatic carbocycles. The van der Waals surface area contributed by atoms with Gasteiger partial charge in [-0.2, -0.15) is 0 Å². The van der Waals surface area contributed by atoms with Gasteiger partial charge >= 0.3 is 0 Å². The average molecular weight is 358 g/mol. The van der Waals surface area contributed by atoms with Crippen LogP contribution in [0.5, 0.6) is 0 Å². The van der Waals surface area contributed by atoms with E-state index in [-0.39, 0.29) is 11.3 Å². The molecule has 0 aliphatic rings. The molecule has 6 heteroatoms. The molecule has 0 amide bonds. The van der Waals surface area contributed by atoms with Gasteiger partial charge in [-0.3, -0.25) is 0 Å². The Morgan fingerprint density at radius 3 is 2.50 bits per heavy atom. The third kappa shape index (κ3) is 2.92. The quantitative estimate of drug-likeness (QED) is 0.662. The van der Waals surface area contributed by atoms with Gasteiger partial charge in [0, 0.05) is 11.3 Å². The van der Waals surface area contributed by atoms with E-state index in [0.717, 1.165) is 0 Å². The molecule has 0 aliphatic heterocycles. The van der Waals surface area contributed by atoms with Crippen LogP contribution in [0.2, 0.25) is 0 Å². The van der Waals surface area contributed by atoms with E-state index < -0.39 is 25.0 Å². The van der Waals surface area contributed by atoms with Crippen molar-refractivity contribution in [2.24, 2.45) is 0 Å². The number of sulfone groups is 1. The molecule has 2 atom stereocenters. The van der Waals surface area contributed by atoms with Crippen LogP contribution in [0, 0.1) is 5.82 Å². The molecule has 0 heterocycles. The molecule has 0 unspecified atom stereocenters. The Bertz CT molecular complexity index is 461. The Hall–Kier alpha value is -0.210. The van der Waals surface area contributed by atoms with Gasteiger partial charge in [0.1, 0.15) is 15.2 Å². The number of rotatable bonds is 4. The first kappa shape index (κ1) is 13.9. The Balaban J connectivity index is 3.04. The van der Waals surface area contributed by atoms with Gasteiger partial charge in [0.2, 0.25) is 0 Å². The predicted octanol–water partition coefficient (Wildman–Crippen LogP) is 2.05. The standard InChI is InChI=1S/C10H12FIO3S/c1-2-16(14,15)10(12)9(13)7-5-3-4-6-8(7)11/h3-6,9-10,13H,2H2,1H3/t9-,10+/m1/s1. The highest BCUT2D eigenvalue weighted by atomic mass is 127. The zero-order chi connectivity index (χ0) is 12.3. The molecule has 16 heavy (non-hydrogen) atoms. The van der Waals surface area contributed by atoms with Gasteiger partial charge in [-0.25, -0.2) is 12.8 Å². The molecule has 0 aromatic heterocycles. The van der Waals surface area contributed by atoms with E-state index >= 15 is 0 Å². The highest BCUT2D eigenvalue weighted by Gasteiger charge is 2.30. The minimum atomic E-state index is -3.39. The second-order valence-electron chi connectivity index (χ2n) is 3.27. The minimum absolute atomic E-state index is 0.0129. The maximum absolute atomic E-state index is 13.3. The summed E-state index contributed by atoms with van der Waals surface area (Å²) in [5.74, 6) is -0.672. The maximum Gasteiger partial charge on any atom is 0.164 e. The lowest BCUT2D eigenvalue weighted by Crippen LogP contribution is -2.24. The van der Waals surface area contributed by atoms with Crippen LogP contribution in [0.25, 0.3) is 0 Å². The van der Waals surface area contributed by atoms with E-state index in [1.807, 2.05) is 0 Å². The van der Waals surface area contributed by atoms with Crippen LogP contribution in [0.15, 0.2) is 24.3 Å². The fourth-order valence-electron chi connectivity index (χ4n) is 1.21. The van der Waals surface area contributed by atoms with Crippen molar-refractivity contribution >= 4 is 32.4 Å². The summed E-state index contributed by atoms with van der Waals surface area (Å²) in [5.41, 5.74) is 0.0129. The van der Waals surface area contributed by atoms with Crippen molar-refractivity contribution in [1.29, 1.82) is 0 Å². The van der Waals surface area contributed by atoms with Crippen LogP contribution in [0.3, 0.4) is 0 Å². The van der Waals surface area contributed by atoms with E-state index in [9.17, 15) is 17.9 Å². The minimum Gasteiger partial charge on any atom is -0.386 e. The van der Waals surface area contributed by atoms with Gasteiger partial charge in [-0.15, -0.1) is 0 Å². The van der Waals surface area contributed by atoms with E-state index in [2.05, 4.69) is 0 Å². The number of hydrogen-bond acceptors (Lipinski definition) is 3. The summed E-state index contributed by atoms with van der Waals surface area (Å²) >= 11 is 1.63. The molecule has 1 N–H and O–H groups in total. The third-order valence-corrected chi connectivity index (χ3v) is 6.97. The fourth-order valence-corrected chi connectivity index (χ4v) is 3.54. The van der Waals surface area contributed by atoms with Crippen molar-refractivity contribution in [1.82, 2.24) is 0 Å². The molecule has 1 rings (SSSR count). The summed E-state index contributed by atoms with van der Waals surface area (Å²) in [6.07, 6.45) is -1.34. The summed E-state index contributed by atoms with van der Waals surface area (Å²) in [5, 5.41) is 9.81. The van der Waals surface area contributed by atoms with Crippen molar-refractivity contribution in [3.05, 3.63) is 35.6 Å². The molecule has 0 bridgehead atoms. The summed E-state index contributed by atoms with van der Waals surface area (Å²) < 4.78 is 35.4. The molecular weight excluding hydrogens is 346 g/mol. The highest BCUT2D eigenvalue weighted by molar-refractivity contribution is 14.1. The van der Waals surface area contributed by atoms with Crippen LogP contribution >= 0.6 is 22.6 Å². The lowest BCUT2D eigenvalue weighted by molar-refractivity contribution is 0.192. The van der Waals surface area contributed by atoms with Crippen LogP contribution in [0.1, 0.15) is 18.6 Å². The van der Waals surface area contributed by atoms with E-state index in [4.69, 9.17) is 0 Å². The Morgan fingerprint density at radius 2 is 2.00 bits per heavy atom. The van der Waals surface area contributed by atoms with E-state index in [1.165, 1.54) is 25.1 Å². The van der Waals surface area contributed by atoms with Gasteiger partial charge < -0.3 is 5.11 Å². The van der Waals surface area contributed by atoms with E-state index in [0.29, 0.717) is 0 Å². The van der Waals surface area contributed by atoms with E-state index in [1.54, 1.807) is 28.7 Å². The van der Waals surface area contributed by atoms with Crippen molar-refractivity contribution < 1.29 is 17.9 Å². The van der Waals surface area contributed by atoms with Crippen molar-refractivity contribution in [2.45, 2.75) is 16.3 Å². The molecule has 0 saturated heterocycles. The van der Waals surface area contributed by atoms with Crippen molar-refractivity contribution in [2.75, 3.05) is 5.75 Å². The first-order chi connectivity index (χ1) is 7.40. The van der Waals surface area contributed by atoms with Gasteiger partial charge in [-0.05, 0) is 6.07 Å². The largest absolute Gasteiger partial charge is 0.386 e. The van der Waals surface area contributed by atoms with Crippen LogP contribution in [-0.4, -0.2) is 22.5 Å². The van der Waals surface area contributed by atoms with Gasteiger partial charge in [0.25, 0.3) is 0 Å². The SMILES string of the molecule is CCS(=O)(=O)[C@H](I)[C@H](O)c1ccccc1F. The molecule has 90 valence electrons. The topological polar surface area (TPSA) is 54.4 Å². The number of benzene rings is 1. The smallest absolute Gasteiger partial charge is 0.164 e. The molecule has 0 spiro atoms. The molecule has 3 nitrogen and oxygen atoms in total. The zero-order valence-corrected chi connectivity index (χ0v) is 11.6. The average Bonchev–Trinajstić information content (AvgIpc) is 2.27. The second-order valence-corrected chi connectivity index (χ2v) is 7.87. The summed E-state index contributed by atoms with van der Waals surface area (Å²) in [7, 11) is -3.39. The third-order valence-electron chi connectivity index (χ3n) is 2.22. The van der Waals surface area contributed by atoms with Gasteiger partial charge in [-0.1, -0.05) is 47.7 Å². The molecule has 1 aromatic rings.